The van der Waals surface area contributed by atoms with Gasteiger partial charge in [-0.15, -0.1) is 0 Å². The van der Waals surface area contributed by atoms with Gasteiger partial charge >= 0.3 is 5.97 Å². The highest BCUT2D eigenvalue weighted by Crippen LogP contribution is 2.22. The van der Waals surface area contributed by atoms with Crippen molar-refractivity contribution in [3.63, 3.8) is 0 Å². The van der Waals surface area contributed by atoms with Crippen molar-refractivity contribution in [2.75, 3.05) is 20.2 Å². The minimum absolute atomic E-state index is 0.0549. The Kier molecular flexibility index (Phi) is 4.02. The Labute approximate surface area is 109 Å². The lowest BCUT2D eigenvalue weighted by molar-refractivity contribution is -0.144. The summed E-state index contributed by atoms with van der Waals surface area (Å²) in [6, 6.07) is 6.39. The molecule has 1 aliphatic heterocycles. The van der Waals surface area contributed by atoms with E-state index in [9.17, 15) is 4.79 Å². The Hall–Kier alpha value is -1.35. The Morgan fingerprint density at radius 2 is 2.06 bits per heavy atom. The van der Waals surface area contributed by atoms with E-state index in [4.69, 9.17) is 4.74 Å². The third-order valence-electron chi connectivity index (χ3n) is 3.83. The van der Waals surface area contributed by atoms with Crippen molar-refractivity contribution in [1.29, 1.82) is 0 Å². The summed E-state index contributed by atoms with van der Waals surface area (Å²) in [5.74, 6) is -0.0154. The average Bonchev–Trinajstić information content (AvgIpc) is 2.81. The Morgan fingerprint density at radius 3 is 2.67 bits per heavy atom. The molecule has 0 amide bonds. The smallest absolute Gasteiger partial charge is 0.310 e. The van der Waals surface area contributed by atoms with E-state index in [1.807, 2.05) is 0 Å². The van der Waals surface area contributed by atoms with Crippen molar-refractivity contribution >= 4 is 5.97 Å². The number of hydrogen-bond donors (Lipinski definition) is 0. The second kappa shape index (κ2) is 5.53. The fraction of sp³-hybridized carbons (Fsp3) is 0.533. The molecule has 0 aliphatic carbocycles. The molecule has 0 bridgehead atoms. The second-order valence-electron chi connectivity index (χ2n) is 5.11. The standard InChI is InChI=1S/C15H21NO2/c1-11-5-4-6-12(2)14(11)10-16-8-7-13(9-16)15(17)18-3/h4-6,13H,7-10H2,1-3H3. The molecule has 2 rings (SSSR count). The van der Waals surface area contributed by atoms with Crippen LogP contribution in [-0.2, 0) is 16.1 Å². The molecule has 0 N–H and O–H groups in total. The molecule has 3 heteroatoms. The van der Waals surface area contributed by atoms with Gasteiger partial charge in [-0.2, -0.15) is 0 Å². The highest BCUT2D eigenvalue weighted by molar-refractivity contribution is 5.72. The van der Waals surface area contributed by atoms with Gasteiger partial charge in [0.15, 0.2) is 0 Å². The van der Waals surface area contributed by atoms with Gasteiger partial charge in [-0.1, -0.05) is 18.2 Å². The minimum atomic E-state index is -0.0704. The summed E-state index contributed by atoms with van der Waals surface area (Å²) in [5.41, 5.74) is 4.05. The first-order valence-corrected chi connectivity index (χ1v) is 6.47. The number of rotatable bonds is 3. The van der Waals surface area contributed by atoms with Crippen molar-refractivity contribution in [3.8, 4) is 0 Å². The molecular formula is C15H21NO2. The molecule has 1 aliphatic rings. The number of carbonyl (C=O) groups excluding carboxylic acids is 1. The molecule has 1 unspecified atom stereocenters. The number of likely N-dealkylation sites (tertiary alicyclic amines) is 1. The zero-order valence-corrected chi connectivity index (χ0v) is 11.4. The quantitative estimate of drug-likeness (QED) is 0.768. The molecule has 1 fully saturated rings. The van der Waals surface area contributed by atoms with Crippen LogP contribution < -0.4 is 0 Å². The third kappa shape index (κ3) is 2.72. The first-order chi connectivity index (χ1) is 8.61. The topological polar surface area (TPSA) is 29.5 Å². The molecule has 3 nitrogen and oxygen atoms in total. The van der Waals surface area contributed by atoms with Crippen LogP contribution in [0.1, 0.15) is 23.1 Å². The zero-order valence-electron chi connectivity index (χ0n) is 11.4. The molecule has 1 heterocycles. The van der Waals surface area contributed by atoms with Crippen LogP contribution >= 0.6 is 0 Å². The Bertz CT molecular complexity index is 422. The summed E-state index contributed by atoms with van der Waals surface area (Å²) in [6.07, 6.45) is 0.914. The monoisotopic (exact) mass is 247 g/mol. The number of hydrogen-bond acceptors (Lipinski definition) is 3. The van der Waals surface area contributed by atoms with Gasteiger partial charge in [0.1, 0.15) is 0 Å². The molecule has 0 spiro atoms. The van der Waals surface area contributed by atoms with Crippen molar-refractivity contribution in [3.05, 3.63) is 34.9 Å². The number of carbonyl (C=O) groups is 1. The first-order valence-electron chi connectivity index (χ1n) is 6.47. The van der Waals surface area contributed by atoms with Gasteiger partial charge in [0.05, 0.1) is 13.0 Å². The largest absolute Gasteiger partial charge is 0.469 e. The van der Waals surface area contributed by atoms with Crippen LogP contribution in [0.25, 0.3) is 0 Å². The molecule has 0 radical (unpaired) electrons. The van der Waals surface area contributed by atoms with Crippen LogP contribution in [0.15, 0.2) is 18.2 Å². The Morgan fingerprint density at radius 1 is 1.39 bits per heavy atom. The summed E-state index contributed by atoms with van der Waals surface area (Å²) in [6.45, 7) is 7.03. The van der Waals surface area contributed by atoms with Crippen LogP contribution in [0, 0.1) is 19.8 Å². The number of benzene rings is 1. The number of nitrogens with zero attached hydrogens (tertiary/aromatic N) is 1. The maximum absolute atomic E-state index is 11.5. The van der Waals surface area contributed by atoms with Gasteiger partial charge in [-0.3, -0.25) is 9.69 Å². The van der Waals surface area contributed by atoms with Crippen LogP contribution in [0.4, 0.5) is 0 Å². The molecule has 1 aromatic carbocycles. The van der Waals surface area contributed by atoms with Crippen molar-refractivity contribution in [2.45, 2.75) is 26.8 Å². The van der Waals surface area contributed by atoms with Gasteiger partial charge in [-0.25, -0.2) is 0 Å². The summed E-state index contributed by atoms with van der Waals surface area (Å²) in [4.78, 5) is 13.8. The van der Waals surface area contributed by atoms with Crippen LogP contribution in [-0.4, -0.2) is 31.1 Å². The van der Waals surface area contributed by atoms with Crippen LogP contribution in [0.2, 0.25) is 0 Å². The number of methoxy groups -OCH3 is 1. The van der Waals surface area contributed by atoms with E-state index in [0.29, 0.717) is 0 Å². The molecule has 98 valence electrons. The zero-order chi connectivity index (χ0) is 13.1. The highest BCUT2D eigenvalue weighted by Gasteiger charge is 2.29. The predicted molar refractivity (Wildman–Crippen MR) is 71.3 cm³/mol. The van der Waals surface area contributed by atoms with Gasteiger partial charge < -0.3 is 4.74 Å². The number of aryl methyl sites for hydroxylation is 2. The van der Waals surface area contributed by atoms with E-state index in [2.05, 4.69) is 36.9 Å². The number of esters is 1. The molecule has 1 aromatic rings. The third-order valence-corrected chi connectivity index (χ3v) is 3.83. The fourth-order valence-corrected chi connectivity index (χ4v) is 2.66. The summed E-state index contributed by atoms with van der Waals surface area (Å²) < 4.78 is 4.81. The maximum atomic E-state index is 11.5. The molecule has 1 atom stereocenters. The molecule has 1 saturated heterocycles. The maximum Gasteiger partial charge on any atom is 0.310 e. The SMILES string of the molecule is COC(=O)C1CCN(Cc2c(C)cccc2C)C1. The van der Waals surface area contributed by atoms with E-state index in [0.717, 1.165) is 26.1 Å². The summed E-state index contributed by atoms with van der Waals surface area (Å²) in [7, 11) is 1.47. The normalized spacial score (nSPS) is 20.1. The van der Waals surface area contributed by atoms with Crippen molar-refractivity contribution in [1.82, 2.24) is 4.90 Å². The van der Waals surface area contributed by atoms with E-state index < -0.39 is 0 Å². The lowest BCUT2D eigenvalue weighted by atomic mass is 10.0. The second-order valence-corrected chi connectivity index (χ2v) is 5.11. The molecular weight excluding hydrogens is 226 g/mol. The molecule has 0 aromatic heterocycles. The molecule has 18 heavy (non-hydrogen) atoms. The fourth-order valence-electron chi connectivity index (χ4n) is 2.66. The molecule has 0 saturated carbocycles. The van der Waals surface area contributed by atoms with Crippen molar-refractivity contribution < 1.29 is 9.53 Å². The lowest BCUT2D eigenvalue weighted by Gasteiger charge is -2.18. The predicted octanol–water partition coefficient (Wildman–Crippen LogP) is 2.30. The highest BCUT2D eigenvalue weighted by atomic mass is 16.5. The minimum Gasteiger partial charge on any atom is -0.469 e. The van der Waals surface area contributed by atoms with Gasteiger partial charge in [0, 0.05) is 13.1 Å². The lowest BCUT2D eigenvalue weighted by Crippen LogP contribution is -2.24. The van der Waals surface area contributed by atoms with Crippen LogP contribution in [0.3, 0.4) is 0 Å². The van der Waals surface area contributed by atoms with Crippen LogP contribution in [0.5, 0.6) is 0 Å². The first kappa shape index (κ1) is 13.1. The van der Waals surface area contributed by atoms with Crippen molar-refractivity contribution in [2.24, 2.45) is 5.92 Å². The Balaban J connectivity index is 2.02. The van der Waals surface area contributed by atoms with E-state index >= 15 is 0 Å². The van der Waals surface area contributed by atoms with Gasteiger partial charge in [0.25, 0.3) is 0 Å². The van der Waals surface area contributed by atoms with E-state index in [1.165, 1.54) is 23.8 Å². The van der Waals surface area contributed by atoms with Gasteiger partial charge in [-0.05, 0) is 43.5 Å². The average molecular weight is 247 g/mol. The summed E-state index contributed by atoms with van der Waals surface area (Å²) >= 11 is 0. The van der Waals surface area contributed by atoms with E-state index in [1.54, 1.807) is 0 Å². The number of ether oxygens (including phenoxy) is 1. The van der Waals surface area contributed by atoms with Gasteiger partial charge in [0.2, 0.25) is 0 Å². The van der Waals surface area contributed by atoms with E-state index in [-0.39, 0.29) is 11.9 Å². The summed E-state index contributed by atoms with van der Waals surface area (Å²) in [5, 5.41) is 0.